The molecule has 0 amide bonds. The molecule has 0 aliphatic carbocycles. The molecule has 0 spiro atoms. The molecule has 0 radical (unpaired) electrons. The van der Waals surface area contributed by atoms with Crippen LogP contribution >= 0.6 is 0 Å². The summed E-state index contributed by atoms with van der Waals surface area (Å²) in [6.45, 7) is 11.4. The van der Waals surface area contributed by atoms with Crippen molar-refractivity contribution in [3.05, 3.63) is 35.4 Å². The normalized spacial score (nSPS) is 19.8. The molecule has 1 fully saturated rings. The fourth-order valence-corrected chi connectivity index (χ4v) is 3.07. The van der Waals surface area contributed by atoms with Crippen molar-refractivity contribution in [1.82, 2.24) is 10.2 Å². The monoisotopic (exact) mass is 274 g/mol. The van der Waals surface area contributed by atoms with Gasteiger partial charge in [-0.3, -0.25) is 4.90 Å². The highest BCUT2D eigenvalue weighted by Gasteiger charge is 2.20. The second-order valence-corrected chi connectivity index (χ2v) is 6.37. The van der Waals surface area contributed by atoms with Crippen molar-refractivity contribution in [3.63, 3.8) is 0 Å². The summed E-state index contributed by atoms with van der Waals surface area (Å²) < 4.78 is 0. The molecule has 20 heavy (non-hydrogen) atoms. The highest BCUT2D eigenvalue weighted by molar-refractivity contribution is 5.24. The highest BCUT2D eigenvalue weighted by Crippen LogP contribution is 2.18. The fraction of sp³-hybridized carbons (Fsp3) is 0.667. The Labute approximate surface area is 124 Å². The number of hydrogen-bond acceptors (Lipinski definition) is 2. The lowest BCUT2D eigenvalue weighted by Gasteiger charge is -2.34. The summed E-state index contributed by atoms with van der Waals surface area (Å²) in [5.41, 5.74) is 2.89. The zero-order valence-electron chi connectivity index (χ0n) is 13.4. The van der Waals surface area contributed by atoms with E-state index in [1.165, 1.54) is 43.5 Å². The summed E-state index contributed by atoms with van der Waals surface area (Å²) in [5, 5.41) is 3.54. The smallest absolute Gasteiger partial charge is 0.0237 e. The molecular weight excluding hydrogens is 244 g/mol. The van der Waals surface area contributed by atoms with Crippen molar-refractivity contribution < 1.29 is 0 Å². The SMILES string of the molecule is CCCN(Cc1ccc(C(C)C)cc1)C1CCCNC1. The van der Waals surface area contributed by atoms with Gasteiger partial charge in [-0.25, -0.2) is 0 Å². The Balaban J connectivity index is 1.99. The lowest BCUT2D eigenvalue weighted by Crippen LogP contribution is -2.45. The van der Waals surface area contributed by atoms with Crippen molar-refractivity contribution in [2.24, 2.45) is 0 Å². The van der Waals surface area contributed by atoms with Gasteiger partial charge in [-0.15, -0.1) is 0 Å². The molecular formula is C18H30N2. The van der Waals surface area contributed by atoms with E-state index in [-0.39, 0.29) is 0 Å². The Morgan fingerprint density at radius 3 is 2.55 bits per heavy atom. The molecule has 0 aromatic heterocycles. The van der Waals surface area contributed by atoms with E-state index in [9.17, 15) is 0 Å². The van der Waals surface area contributed by atoms with Crippen LogP contribution < -0.4 is 5.32 Å². The Morgan fingerprint density at radius 2 is 2.00 bits per heavy atom. The standard InChI is InChI=1S/C18H30N2/c1-4-12-20(18-6-5-11-19-13-18)14-16-7-9-17(10-8-16)15(2)3/h7-10,15,18-19H,4-6,11-14H2,1-3H3. The van der Waals surface area contributed by atoms with Crippen molar-refractivity contribution >= 4 is 0 Å². The van der Waals surface area contributed by atoms with Crippen LogP contribution in [0.15, 0.2) is 24.3 Å². The molecule has 1 aliphatic rings. The maximum Gasteiger partial charge on any atom is 0.0237 e. The Hall–Kier alpha value is -0.860. The van der Waals surface area contributed by atoms with Crippen LogP contribution in [0.3, 0.4) is 0 Å². The van der Waals surface area contributed by atoms with Gasteiger partial charge in [-0.1, -0.05) is 45.0 Å². The predicted octanol–water partition coefficient (Wildman–Crippen LogP) is 3.77. The van der Waals surface area contributed by atoms with Gasteiger partial charge in [0.2, 0.25) is 0 Å². The summed E-state index contributed by atoms with van der Waals surface area (Å²) in [6, 6.07) is 9.93. The van der Waals surface area contributed by atoms with Gasteiger partial charge in [-0.05, 0) is 49.4 Å². The first-order valence-electron chi connectivity index (χ1n) is 8.24. The van der Waals surface area contributed by atoms with Crippen LogP contribution in [0.4, 0.5) is 0 Å². The quantitative estimate of drug-likeness (QED) is 0.849. The fourth-order valence-electron chi connectivity index (χ4n) is 3.07. The van der Waals surface area contributed by atoms with Gasteiger partial charge in [0.25, 0.3) is 0 Å². The zero-order valence-corrected chi connectivity index (χ0v) is 13.4. The van der Waals surface area contributed by atoms with Crippen LogP contribution in [-0.2, 0) is 6.54 Å². The van der Waals surface area contributed by atoms with Gasteiger partial charge < -0.3 is 5.32 Å². The number of piperidine rings is 1. The second-order valence-electron chi connectivity index (χ2n) is 6.37. The summed E-state index contributed by atoms with van der Waals surface area (Å²) in [7, 11) is 0. The number of nitrogens with one attached hydrogen (secondary N) is 1. The molecule has 2 nitrogen and oxygen atoms in total. The van der Waals surface area contributed by atoms with Crippen LogP contribution in [-0.4, -0.2) is 30.6 Å². The Morgan fingerprint density at radius 1 is 1.25 bits per heavy atom. The third kappa shape index (κ3) is 4.32. The molecule has 0 saturated carbocycles. The summed E-state index contributed by atoms with van der Waals surface area (Å²) in [5.74, 6) is 0.623. The molecule has 2 rings (SSSR count). The van der Waals surface area contributed by atoms with Crippen molar-refractivity contribution in [2.45, 2.75) is 58.5 Å². The lowest BCUT2D eigenvalue weighted by molar-refractivity contribution is 0.158. The molecule has 1 N–H and O–H groups in total. The minimum absolute atomic E-state index is 0.623. The van der Waals surface area contributed by atoms with Crippen molar-refractivity contribution in [2.75, 3.05) is 19.6 Å². The van der Waals surface area contributed by atoms with Gasteiger partial charge >= 0.3 is 0 Å². The average Bonchev–Trinajstić information content (AvgIpc) is 2.48. The van der Waals surface area contributed by atoms with E-state index in [0.29, 0.717) is 12.0 Å². The summed E-state index contributed by atoms with van der Waals surface area (Å²) >= 11 is 0. The number of nitrogens with zero attached hydrogens (tertiary/aromatic N) is 1. The number of rotatable bonds is 6. The third-order valence-corrected chi connectivity index (χ3v) is 4.33. The molecule has 1 atom stereocenters. The van der Waals surface area contributed by atoms with Crippen molar-refractivity contribution in [1.29, 1.82) is 0 Å². The topological polar surface area (TPSA) is 15.3 Å². The maximum atomic E-state index is 3.54. The highest BCUT2D eigenvalue weighted by atomic mass is 15.2. The molecule has 1 heterocycles. The minimum atomic E-state index is 0.623. The van der Waals surface area contributed by atoms with E-state index in [1.54, 1.807) is 0 Å². The summed E-state index contributed by atoms with van der Waals surface area (Å²) in [4.78, 5) is 2.66. The van der Waals surface area contributed by atoms with Crippen molar-refractivity contribution in [3.8, 4) is 0 Å². The van der Waals surface area contributed by atoms with E-state index in [2.05, 4.69) is 55.3 Å². The first-order valence-corrected chi connectivity index (χ1v) is 8.24. The van der Waals surface area contributed by atoms with Gasteiger partial charge in [0.15, 0.2) is 0 Å². The van der Waals surface area contributed by atoms with Crippen LogP contribution in [0.25, 0.3) is 0 Å². The minimum Gasteiger partial charge on any atom is -0.315 e. The molecule has 2 heteroatoms. The first-order chi connectivity index (χ1) is 9.70. The second kappa shape index (κ2) is 7.80. The van der Waals surface area contributed by atoms with Gasteiger partial charge in [0.05, 0.1) is 0 Å². The van der Waals surface area contributed by atoms with Crippen LogP contribution in [0.1, 0.15) is 57.1 Å². The van der Waals surface area contributed by atoms with Gasteiger partial charge in [-0.2, -0.15) is 0 Å². The van der Waals surface area contributed by atoms with Crippen LogP contribution in [0.2, 0.25) is 0 Å². The summed E-state index contributed by atoms with van der Waals surface area (Å²) in [6.07, 6.45) is 3.90. The largest absolute Gasteiger partial charge is 0.315 e. The number of benzene rings is 1. The van der Waals surface area contributed by atoms with Crippen LogP contribution in [0, 0.1) is 0 Å². The Bertz CT molecular complexity index is 377. The average molecular weight is 274 g/mol. The first kappa shape index (κ1) is 15.5. The van der Waals surface area contributed by atoms with Crippen LogP contribution in [0.5, 0.6) is 0 Å². The lowest BCUT2D eigenvalue weighted by atomic mass is 10.0. The zero-order chi connectivity index (χ0) is 14.4. The van der Waals surface area contributed by atoms with Gasteiger partial charge in [0.1, 0.15) is 0 Å². The van der Waals surface area contributed by atoms with E-state index in [4.69, 9.17) is 0 Å². The van der Waals surface area contributed by atoms with E-state index in [0.717, 1.165) is 13.1 Å². The Kier molecular flexibility index (Phi) is 6.06. The predicted molar refractivity (Wildman–Crippen MR) is 87.1 cm³/mol. The maximum absolute atomic E-state index is 3.54. The van der Waals surface area contributed by atoms with E-state index < -0.39 is 0 Å². The molecule has 1 aliphatic heterocycles. The third-order valence-electron chi connectivity index (χ3n) is 4.33. The number of hydrogen-bond donors (Lipinski definition) is 1. The molecule has 1 aromatic rings. The molecule has 1 aromatic carbocycles. The van der Waals surface area contributed by atoms with E-state index >= 15 is 0 Å². The van der Waals surface area contributed by atoms with Gasteiger partial charge in [0, 0.05) is 19.1 Å². The molecule has 1 unspecified atom stereocenters. The molecule has 112 valence electrons. The molecule has 0 bridgehead atoms. The molecule has 1 saturated heterocycles. The van der Waals surface area contributed by atoms with E-state index in [1.807, 2.05) is 0 Å².